The number of carbonyl (C=O) groups excluding carboxylic acids is 1. The molecule has 162 valence electrons. The Morgan fingerprint density at radius 1 is 0.867 bits per heavy atom. The van der Waals surface area contributed by atoms with Crippen molar-refractivity contribution in [1.29, 1.82) is 0 Å². The van der Waals surface area contributed by atoms with Gasteiger partial charge in [0.05, 0.1) is 17.1 Å². The molecular weight excluding hydrogens is 370 g/mol. The highest BCUT2D eigenvalue weighted by atomic mass is 16.1. The maximum absolute atomic E-state index is 12.5. The van der Waals surface area contributed by atoms with Crippen molar-refractivity contribution in [2.24, 2.45) is 4.99 Å². The molecule has 1 aromatic carbocycles. The van der Waals surface area contributed by atoms with E-state index in [2.05, 4.69) is 49.3 Å². The molecule has 0 atom stereocenters. The Morgan fingerprint density at radius 2 is 1.47 bits per heavy atom. The van der Waals surface area contributed by atoms with Gasteiger partial charge in [0.25, 0.3) is 5.91 Å². The number of amides is 1. The second-order valence-electron chi connectivity index (χ2n) is 7.76. The van der Waals surface area contributed by atoms with Crippen LogP contribution in [0.1, 0.15) is 93.5 Å². The summed E-state index contributed by atoms with van der Waals surface area (Å²) in [6.07, 6.45) is 9.14. The third-order valence-electron chi connectivity index (χ3n) is 5.41. The van der Waals surface area contributed by atoms with Gasteiger partial charge in [-0.05, 0) is 49.4 Å². The van der Waals surface area contributed by atoms with E-state index in [4.69, 9.17) is 4.99 Å². The Balaban J connectivity index is 2.04. The lowest BCUT2D eigenvalue weighted by Gasteiger charge is -2.11. The van der Waals surface area contributed by atoms with Gasteiger partial charge in [0.2, 0.25) is 0 Å². The molecule has 0 saturated heterocycles. The van der Waals surface area contributed by atoms with Gasteiger partial charge in [0, 0.05) is 6.54 Å². The molecule has 0 radical (unpaired) electrons. The maximum Gasteiger partial charge on any atom is 0.269 e. The summed E-state index contributed by atoms with van der Waals surface area (Å²) >= 11 is 0. The van der Waals surface area contributed by atoms with Crippen LogP contribution in [0.25, 0.3) is 0 Å². The fraction of sp³-hybridized carbons (Fsp3) is 0.500. The molecule has 0 unspecified atom stereocenters. The van der Waals surface area contributed by atoms with E-state index in [0.29, 0.717) is 12.2 Å². The average molecular weight is 408 g/mol. The zero-order valence-electron chi connectivity index (χ0n) is 19.1. The van der Waals surface area contributed by atoms with Crippen molar-refractivity contribution in [2.75, 3.05) is 6.54 Å². The number of aromatic nitrogens is 1. The van der Waals surface area contributed by atoms with E-state index < -0.39 is 0 Å². The summed E-state index contributed by atoms with van der Waals surface area (Å²) in [5.74, 6) is -0.110. The summed E-state index contributed by atoms with van der Waals surface area (Å²) < 4.78 is 0. The van der Waals surface area contributed by atoms with Crippen LogP contribution in [0.2, 0.25) is 0 Å². The summed E-state index contributed by atoms with van der Waals surface area (Å²) in [6.45, 7) is 9.19. The van der Waals surface area contributed by atoms with Crippen molar-refractivity contribution in [3.05, 3.63) is 58.9 Å². The number of aliphatic imine (C=N–C) groups is 1. The molecule has 2 aromatic rings. The van der Waals surface area contributed by atoms with Crippen molar-refractivity contribution in [2.45, 2.75) is 79.1 Å². The summed E-state index contributed by atoms with van der Waals surface area (Å²) in [5.41, 5.74) is 5.54. The smallest absolute Gasteiger partial charge is 0.269 e. The van der Waals surface area contributed by atoms with Crippen LogP contribution in [0.4, 0.5) is 5.69 Å². The molecule has 2 rings (SSSR count). The van der Waals surface area contributed by atoms with Gasteiger partial charge in [-0.15, -0.1) is 0 Å². The minimum absolute atomic E-state index is 0.110. The second kappa shape index (κ2) is 12.9. The van der Waals surface area contributed by atoms with E-state index in [9.17, 15) is 4.79 Å². The van der Waals surface area contributed by atoms with Gasteiger partial charge in [-0.25, -0.2) is 4.98 Å². The number of hydrogen-bond donors (Lipinski definition) is 1. The van der Waals surface area contributed by atoms with Crippen LogP contribution in [0.5, 0.6) is 0 Å². The van der Waals surface area contributed by atoms with E-state index in [1.165, 1.54) is 36.8 Å². The maximum atomic E-state index is 12.5. The van der Waals surface area contributed by atoms with Gasteiger partial charge < -0.3 is 5.32 Å². The minimum Gasteiger partial charge on any atom is -0.351 e. The van der Waals surface area contributed by atoms with Crippen molar-refractivity contribution in [3.8, 4) is 0 Å². The largest absolute Gasteiger partial charge is 0.351 e. The summed E-state index contributed by atoms with van der Waals surface area (Å²) in [5, 5.41) is 3.00. The number of aryl methyl sites for hydroxylation is 2. The van der Waals surface area contributed by atoms with Crippen molar-refractivity contribution in [1.82, 2.24) is 10.3 Å². The average Bonchev–Trinajstić information content (AvgIpc) is 2.78. The minimum atomic E-state index is -0.110. The van der Waals surface area contributed by atoms with Crippen molar-refractivity contribution in [3.63, 3.8) is 0 Å². The van der Waals surface area contributed by atoms with Crippen LogP contribution in [0.15, 0.2) is 41.4 Å². The van der Waals surface area contributed by atoms with Crippen LogP contribution in [0, 0.1) is 0 Å². The summed E-state index contributed by atoms with van der Waals surface area (Å²) in [4.78, 5) is 22.0. The van der Waals surface area contributed by atoms with E-state index in [-0.39, 0.29) is 5.91 Å². The molecule has 0 bridgehead atoms. The predicted octanol–water partition coefficient (Wildman–Crippen LogP) is 6.44. The van der Waals surface area contributed by atoms with Crippen LogP contribution in [-0.2, 0) is 12.8 Å². The highest BCUT2D eigenvalue weighted by molar-refractivity contribution is 6.00. The fourth-order valence-corrected chi connectivity index (χ4v) is 3.54. The summed E-state index contributed by atoms with van der Waals surface area (Å²) in [6, 6.07) is 11.9. The van der Waals surface area contributed by atoms with Crippen molar-refractivity contribution >= 4 is 17.3 Å². The molecule has 4 nitrogen and oxygen atoms in total. The lowest BCUT2D eigenvalue weighted by atomic mass is 10.0. The van der Waals surface area contributed by atoms with E-state index in [0.717, 1.165) is 42.8 Å². The number of unbranched alkanes of at least 4 members (excludes halogenated alkanes) is 5. The molecule has 0 spiro atoms. The quantitative estimate of drug-likeness (QED) is 0.325. The predicted molar refractivity (Wildman–Crippen MR) is 127 cm³/mol. The Hall–Kier alpha value is -2.49. The number of pyridine rings is 1. The Labute approximate surface area is 182 Å². The number of para-hydroxylation sites is 1. The zero-order chi connectivity index (χ0) is 21.8. The normalized spacial score (nSPS) is 11.5. The number of carbonyl (C=O) groups is 1. The SMILES string of the molecule is CCCCCCCCNC(=O)c1cccc(C(C)=Nc2c(CC)cccc2CC)n1. The first-order valence-corrected chi connectivity index (χ1v) is 11.5. The number of hydrogen-bond acceptors (Lipinski definition) is 3. The first kappa shape index (κ1) is 23.8. The Bertz CT molecular complexity index is 820. The zero-order valence-corrected chi connectivity index (χ0v) is 19.1. The standard InChI is InChI=1S/C26H37N3O/c1-5-8-9-10-11-12-19-27-26(30)24-18-14-17-23(29-24)20(4)28-25-21(6-2)15-13-16-22(25)7-3/h13-18H,5-12,19H2,1-4H3,(H,27,30). The van der Waals surface area contributed by atoms with Gasteiger partial charge in [0.15, 0.2) is 0 Å². The molecule has 0 aliphatic carbocycles. The molecule has 0 aliphatic heterocycles. The molecule has 0 fully saturated rings. The molecule has 1 heterocycles. The molecule has 1 amide bonds. The van der Waals surface area contributed by atoms with Gasteiger partial charge >= 0.3 is 0 Å². The topological polar surface area (TPSA) is 54.4 Å². The van der Waals surface area contributed by atoms with Crippen LogP contribution < -0.4 is 5.32 Å². The fourth-order valence-electron chi connectivity index (χ4n) is 3.54. The molecule has 1 N–H and O–H groups in total. The van der Waals surface area contributed by atoms with Crippen LogP contribution in [0.3, 0.4) is 0 Å². The number of benzene rings is 1. The number of rotatable bonds is 12. The van der Waals surface area contributed by atoms with E-state index >= 15 is 0 Å². The highest BCUT2D eigenvalue weighted by Gasteiger charge is 2.11. The monoisotopic (exact) mass is 407 g/mol. The second-order valence-corrected chi connectivity index (χ2v) is 7.76. The lowest BCUT2D eigenvalue weighted by molar-refractivity contribution is 0.0948. The lowest BCUT2D eigenvalue weighted by Crippen LogP contribution is -2.25. The molecule has 0 aliphatic rings. The van der Waals surface area contributed by atoms with Gasteiger partial charge in [-0.3, -0.25) is 9.79 Å². The van der Waals surface area contributed by atoms with E-state index in [1.807, 2.05) is 19.1 Å². The van der Waals surface area contributed by atoms with Gasteiger partial charge in [-0.2, -0.15) is 0 Å². The summed E-state index contributed by atoms with van der Waals surface area (Å²) in [7, 11) is 0. The van der Waals surface area contributed by atoms with Gasteiger partial charge in [-0.1, -0.05) is 77.1 Å². The van der Waals surface area contributed by atoms with Gasteiger partial charge in [0.1, 0.15) is 5.69 Å². The Kier molecular flexibility index (Phi) is 10.3. The third kappa shape index (κ3) is 7.08. The van der Waals surface area contributed by atoms with Crippen LogP contribution >= 0.6 is 0 Å². The number of nitrogens with one attached hydrogen (secondary N) is 1. The third-order valence-corrected chi connectivity index (χ3v) is 5.41. The first-order chi connectivity index (χ1) is 14.6. The molecule has 1 aromatic heterocycles. The van der Waals surface area contributed by atoms with Crippen molar-refractivity contribution < 1.29 is 4.79 Å². The number of nitrogens with zero attached hydrogens (tertiary/aromatic N) is 2. The molecule has 0 saturated carbocycles. The molecule has 30 heavy (non-hydrogen) atoms. The Morgan fingerprint density at radius 3 is 2.13 bits per heavy atom. The van der Waals surface area contributed by atoms with Crippen LogP contribution in [-0.4, -0.2) is 23.1 Å². The first-order valence-electron chi connectivity index (χ1n) is 11.5. The molecule has 4 heteroatoms. The highest BCUT2D eigenvalue weighted by Crippen LogP contribution is 2.26. The molecular formula is C26H37N3O. The van der Waals surface area contributed by atoms with E-state index in [1.54, 1.807) is 6.07 Å².